The number of nitrogens with one attached hydrogen (secondary N) is 2. The second-order valence-corrected chi connectivity index (χ2v) is 10.0. The molecular formula is C24H31ClN4O3. The highest BCUT2D eigenvalue weighted by molar-refractivity contribution is 6.32. The Hall–Kier alpha value is -2.54. The van der Waals surface area contributed by atoms with Crippen molar-refractivity contribution in [3.63, 3.8) is 0 Å². The lowest BCUT2D eigenvalue weighted by Gasteiger charge is -2.62. The van der Waals surface area contributed by atoms with Crippen molar-refractivity contribution in [2.24, 2.45) is 23.2 Å². The summed E-state index contributed by atoms with van der Waals surface area (Å²) in [5.74, 6) is 2.27. The lowest BCUT2D eigenvalue weighted by Crippen LogP contribution is -2.58. The van der Waals surface area contributed by atoms with Crippen molar-refractivity contribution in [1.29, 1.82) is 0 Å². The number of nitrogens with zero attached hydrogens (tertiary/aromatic N) is 2. The van der Waals surface area contributed by atoms with E-state index < -0.39 is 5.56 Å². The Bertz CT molecular complexity index is 1070. The summed E-state index contributed by atoms with van der Waals surface area (Å²) in [6.45, 7) is 7.12. The van der Waals surface area contributed by atoms with Crippen LogP contribution in [0.4, 0.5) is 5.69 Å². The molecule has 3 saturated carbocycles. The van der Waals surface area contributed by atoms with Crippen LogP contribution in [0.1, 0.15) is 39.2 Å². The van der Waals surface area contributed by atoms with E-state index in [1.54, 1.807) is 13.3 Å². The molecule has 3 aliphatic rings. The van der Waals surface area contributed by atoms with E-state index in [-0.39, 0.29) is 23.5 Å². The topological polar surface area (TPSA) is 85.2 Å². The van der Waals surface area contributed by atoms with Crippen molar-refractivity contribution in [2.75, 3.05) is 12.4 Å². The van der Waals surface area contributed by atoms with Gasteiger partial charge in [-0.15, -0.1) is 0 Å². The van der Waals surface area contributed by atoms with Gasteiger partial charge >= 0.3 is 0 Å². The van der Waals surface area contributed by atoms with Gasteiger partial charge in [0.15, 0.2) is 0 Å². The van der Waals surface area contributed by atoms with Crippen LogP contribution in [-0.4, -0.2) is 28.8 Å². The second-order valence-electron chi connectivity index (χ2n) is 9.67. The number of anilines is 1. The number of fused-ring (bicyclic) bond motifs is 2. The van der Waals surface area contributed by atoms with E-state index >= 15 is 0 Å². The van der Waals surface area contributed by atoms with Gasteiger partial charge in [-0.3, -0.25) is 9.59 Å². The summed E-state index contributed by atoms with van der Waals surface area (Å²) in [5.41, 5.74) is 1.36. The molecule has 0 spiro atoms. The zero-order valence-corrected chi connectivity index (χ0v) is 19.8. The minimum Gasteiger partial charge on any atom is -0.497 e. The number of amides is 1. The Balaban J connectivity index is 1.37. The Morgan fingerprint density at radius 3 is 2.81 bits per heavy atom. The van der Waals surface area contributed by atoms with Crippen molar-refractivity contribution >= 4 is 23.2 Å². The van der Waals surface area contributed by atoms with Crippen LogP contribution in [0.15, 0.2) is 35.3 Å². The van der Waals surface area contributed by atoms with Crippen LogP contribution in [0.5, 0.6) is 5.75 Å². The number of benzene rings is 1. The zero-order chi connectivity index (χ0) is 23.0. The molecule has 0 radical (unpaired) electrons. The van der Waals surface area contributed by atoms with Crippen LogP contribution < -0.4 is 20.9 Å². The number of ether oxygens (including phenoxy) is 1. The average molecular weight is 459 g/mol. The lowest BCUT2D eigenvalue weighted by atomic mass is 9.45. The molecular weight excluding hydrogens is 428 g/mol. The van der Waals surface area contributed by atoms with E-state index in [0.29, 0.717) is 35.4 Å². The van der Waals surface area contributed by atoms with Gasteiger partial charge in [0.1, 0.15) is 17.3 Å². The second kappa shape index (κ2) is 8.77. The molecule has 3 aliphatic carbocycles. The summed E-state index contributed by atoms with van der Waals surface area (Å²) in [5, 5.41) is 10.5. The first-order valence-electron chi connectivity index (χ1n) is 11.1. The van der Waals surface area contributed by atoms with Crippen LogP contribution in [0, 0.1) is 23.2 Å². The van der Waals surface area contributed by atoms with Gasteiger partial charge in [-0.2, -0.15) is 5.10 Å². The predicted octanol–water partition coefficient (Wildman–Crippen LogP) is 3.70. The smallest absolute Gasteiger partial charge is 0.288 e. The molecule has 2 N–H and O–H groups in total. The van der Waals surface area contributed by atoms with Crippen molar-refractivity contribution in [1.82, 2.24) is 15.1 Å². The highest BCUT2D eigenvalue weighted by Crippen LogP contribution is 2.61. The SMILES string of the molecule is COc1cccc(CNC(=O)Cn2ncc(N[C@@H]3C[C@H]4C[C@@H]([C@H]3C)C4(C)C)c(Cl)c2=O)c1. The molecule has 5 rings (SSSR count). The maximum Gasteiger partial charge on any atom is 0.288 e. The molecule has 8 heteroatoms. The summed E-state index contributed by atoms with van der Waals surface area (Å²) in [6, 6.07) is 7.70. The van der Waals surface area contributed by atoms with E-state index in [2.05, 4.69) is 36.5 Å². The fraction of sp³-hybridized carbons (Fsp3) is 0.542. The molecule has 3 fully saturated rings. The first-order valence-corrected chi connectivity index (χ1v) is 11.5. The number of methoxy groups -OCH3 is 1. The number of hydrogen-bond acceptors (Lipinski definition) is 5. The predicted molar refractivity (Wildman–Crippen MR) is 125 cm³/mol. The molecule has 1 aromatic carbocycles. The molecule has 0 saturated heterocycles. The normalized spacial score (nSPS) is 25.5. The summed E-state index contributed by atoms with van der Waals surface area (Å²) in [6.07, 6.45) is 3.90. The van der Waals surface area contributed by atoms with Gasteiger partial charge in [0, 0.05) is 12.6 Å². The molecule has 1 heterocycles. The van der Waals surface area contributed by atoms with Gasteiger partial charge in [0.05, 0.1) is 19.0 Å². The Morgan fingerprint density at radius 2 is 2.12 bits per heavy atom. The summed E-state index contributed by atoms with van der Waals surface area (Å²) in [7, 11) is 1.59. The standard InChI is InChI=1S/C24H31ClN4O3/c1-14-18-9-16(24(18,2)3)10-19(14)28-20-12-27-29(23(31)22(20)25)13-21(30)26-11-15-6-5-7-17(8-15)32-4/h5-8,12,14,16,18-19,28H,9-11,13H2,1-4H3,(H,26,30)/t14-,16-,18+,19-/m1/s1. The number of rotatable bonds is 7. The van der Waals surface area contributed by atoms with Gasteiger partial charge in [-0.05, 0) is 53.7 Å². The maximum atomic E-state index is 12.7. The molecule has 1 amide bonds. The molecule has 4 atom stereocenters. The average Bonchev–Trinajstić information content (AvgIpc) is 2.78. The van der Waals surface area contributed by atoms with E-state index in [4.69, 9.17) is 16.3 Å². The lowest BCUT2D eigenvalue weighted by molar-refractivity contribution is -0.122. The molecule has 0 aliphatic heterocycles. The van der Waals surface area contributed by atoms with Crippen LogP contribution in [0.2, 0.25) is 5.02 Å². The molecule has 1 aromatic heterocycles. The molecule has 7 nitrogen and oxygen atoms in total. The van der Waals surface area contributed by atoms with Crippen molar-refractivity contribution < 1.29 is 9.53 Å². The fourth-order valence-electron chi connectivity index (χ4n) is 5.39. The van der Waals surface area contributed by atoms with Crippen LogP contribution in [0.3, 0.4) is 0 Å². The molecule has 2 bridgehead atoms. The summed E-state index contributed by atoms with van der Waals surface area (Å²) >= 11 is 6.38. The number of carbonyl (C=O) groups is 1. The monoisotopic (exact) mass is 458 g/mol. The molecule has 2 aromatic rings. The number of aromatic nitrogens is 2. The van der Waals surface area contributed by atoms with E-state index in [1.807, 2.05) is 24.3 Å². The molecule has 32 heavy (non-hydrogen) atoms. The summed E-state index contributed by atoms with van der Waals surface area (Å²) < 4.78 is 6.28. The Morgan fingerprint density at radius 1 is 1.34 bits per heavy atom. The minimum atomic E-state index is -0.470. The van der Waals surface area contributed by atoms with Crippen molar-refractivity contribution in [3.05, 3.63) is 51.4 Å². The van der Waals surface area contributed by atoms with Crippen LogP contribution in [-0.2, 0) is 17.9 Å². The minimum absolute atomic E-state index is 0.0753. The zero-order valence-electron chi connectivity index (χ0n) is 19.0. The molecule has 172 valence electrons. The van der Waals surface area contributed by atoms with E-state index in [1.165, 1.54) is 6.42 Å². The largest absolute Gasteiger partial charge is 0.497 e. The first-order chi connectivity index (χ1) is 15.2. The quantitative estimate of drug-likeness (QED) is 0.660. The van der Waals surface area contributed by atoms with Crippen LogP contribution >= 0.6 is 11.6 Å². The third-order valence-corrected chi connectivity index (χ3v) is 7.96. The Kier molecular flexibility index (Phi) is 6.21. The van der Waals surface area contributed by atoms with Crippen molar-refractivity contribution in [3.8, 4) is 5.75 Å². The van der Waals surface area contributed by atoms with Crippen molar-refractivity contribution in [2.45, 2.75) is 52.7 Å². The molecule has 0 unspecified atom stereocenters. The van der Waals surface area contributed by atoms with Crippen LogP contribution in [0.25, 0.3) is 0 Å². The number of carbonyl (C=O) groups excluding carboxylic acids is 1. The fourth-order valence-corrected chi connectivity index (χ4v) is 5.59. The van der Waals surface area contributed by atoms with E-state index in [0.717, 1.165) is 22.4 Å². The highest BCUT2D eigenvalue weighted by Gasteiger charge is 2.56. The maximum absolute atomic E-state index is 12.7. The third-order valence-electron chi connectivity index (χ3n) is 7.60. The first kappa shape index (κ1) is 22.6. The Labute approximate surface area is 193 Å². The van der Waals surface area contributed by atoms with E-state index in [9.17, 15) is 9.59 Å². The number of halogens is 1. The van der Waals surface area contributed by atoms with Gasteiger partial charge in [0.25, 0.3) is 5.56 Å². The highest BCUT2D eigenvalue weighted by atomic mass is 35.5. The number of hydrogen-bond donors (Lipinski definition) is 2. The van der Waals surface area contributed by atoms with Gasteiger partial charge in [0.2, 0.25) is 5.91 Å². The van der Waals surface area contributed by atoms with Gasteiger partial charge < -0.3 is 15.4 Å². The van der Waals surface area contributed by atoms with Gasteiger partial charge in [-0.1, -0.05) is 44.5 Å². The van der Waals surface area contributed by atoms with Gasteiger partial charge in [-0.25, -0.2) is 4.68 Å². The summed E-state index contributed by atoms with van der Waals surface area (Å²) in [4.78, 5) is 25.1. The third kappa shape index (κ3) is 4.22.